The highest BCUT2D eigenvalue weighted by atomic mass is 79.9. The van der Waals surface area contributed by atoms with Crippen molar-refractivity contribution in [1.29, 1.82) is 0 Å². The second-order valence-corrected chi connectivity index (χ2v) is 5.31. The number of H-pyrrole nitrogens is 1. The van der Waals surface area contributed by atoms with Crippen LogP contribution in [0, 0.1) is 0 Å². The van der Waals surface area contributed by atoms with E-state index in [4.69, 9.17) is 0 Å². The van der Waals surface area contributed by atoms with E-state index in [1.807, 2.05) is 6.07 Å². The average molecular weight is 292 g/mol. The van der Waals surface area contributed by atoms with E-state index in [9.17, 15) is 0 Å². The minimum absolute atomic E-state index is 0.474. The molecule has 0 bridgehead atoms. The zero-order chi connectivity index (χ0) is 11.7. The van der Waals surface area contributed by atoms with Gasteiger partial charge in [-0.25, -0.2) is 0 Å². The highest BCUT2D eigenvalue weighted by molar-refractivity contribution is 9.10. The van der Waals surface area contributed by atoms with Crippen molar-refractivity contribution < 1.29 is 0 Å². The maximum atomic E-state index is 3.95. The van der Waals surface area contributed by atoms with Crippen LogP contribution in [0.25, 0.3) is 0 Å². The number of nitrogens with one attached hydrogen (secondary N) is 2. The van der Waals surface area contributed by atoms with Gasteiger partial charge in [0.2, 0.25) is 0 Å². The zero-order valence-electron chi connectivity index (χ0n) is 9.41. The summed E-state index contributed by atoms with van der Waals surface area (Å²) in [7, 11) is 0. The van der Waals surface area contributed by atoms with Gasteiger partial charge in [-0.2, -0.15) is 5.10 Å². The SMILES string of the molecule is Brc1ccc2c(c1)CCC2NCc1ccn[nH]1. The molecule has 1 aliphatic rings. The predicted molar refractivity (Wildman–Crippen MR) is 70.6 cm³/mol. The highest BCUT2D eigenvalue weighted by Gasteiger charge is 2.21. The molecule has 0 amide bonds. The quantitative estimate of drug-likeness (QED) is 0.913. The Bertz CT molecular complexity index is 507. The van der Waals surface area contributed by atoms with Gasteiger partial charge < -0.3 is 5.32 Å². The van der Waals surface area contributed by atoms with Gasteiger partial charge in [0, 0.05) is 29.0 Å². The first-order valence-corrected chi connectivity index (χ1v) is 6.62. The standard InChI is InChI=1S/C13H14BrN3/c14-10-2-3-12-9(7-10)1-4-13(12)15-8-11-5-6-16-17-11/h2-3,5-7,13,15H,1,4,8H2,(H,16,17). The number of nitrogens with zero attached hydrogens (tertiary/aromatic N) is 1. The number of hydrogen-bond donors (Lipinski definition) is 2. The molecule has 0 radical (unpaired) electrons. The highest BCUT2D eigenvalue weighted by Crippen LogP contribution is 2.32. The first-order chi connectivity index (χ1) is 8.33. The van der Waals surface area contributed by atoms with Gasteiger partial charge in [0.05, 0.1) is 0 Å². The zero-order valence-corrected chi connectivity index (χ0v) is 11.0. The molecule has 0 aliphatic heterocycles. The minimum atomic E-state index is 0.474. The smallest absolute Gasteiger partial charge is 0.0490 e. The van der Waals surface area contributed by atoms with E-state index >= 15 is 0 Å². The van der Waals surface area contributed by atoms with Gasteiger partial charge in [0.1, 0.15) is 0 Å². The number of fused-ring (bicyclic) bond motifs is 1. The minimum Gasteiger partial charge on any atom is -0.304 e. The number of hydrogen-bond acceptors (Lipinski definition) is 2. The van der Waals surface area contributed by atoms with Crippen molar-refractivity contribution in [3.8, 4) is 0 Å². The summed E-state index contributed by atoms with van der Waals surface area (Å²) in [5.41, 5.74) is 4.03. The van der Waals surface area contributed by atoms with Crippen molar-refractivity contribution in [2.24, 2.45) is 0 Å². The second-order valence-electron chi connectivity index (χ2n) is 4.40. The monoisotopic (exact) mass is 291 g/mol. The summed E-state index contributed by atoms with van der Waals surface area (Å²) in [5.74, 6) is 0. The van der Waals surface area contributed by atoms with E-state index < -0.39 is 0 Å². The Labute approximate surface area is 109 Å². The summed E-state index contributed by atoms with van der Waals surface area (Å²) >= 11 is 3.52. The van der Waals surface area contributed by atoms with Crippen molar-refractivity contribution in [2.45, 2.75) is 25.4 Å². The lowest BCUT2D eigenvalue weighted by molar-refractivity contribution is 0.525. The molecule has 0 spiro atoms. The fourth-order valence-corrected chi connectivity index (χ4v) is 2.82. The lowest BCUT2D eigenvalue weighted by Crippen LogP contribution is -2.18. The van der Waals surface area contributed by atoms with E-state index in [0.29, 0.717) is 6.04 Å². The molecule has 4 heteroatoms. The van der Waals surface area contributed by atoms with E-state index in [1.165, 1.54) is 22.0 Å². The Morgan fingerprint density at radius 2 is 2.35 bits per heavy atom. The molecule has 1 unspecified atom stereocenters. The topological polar surface area (TPSA) is 40.7 Å². The van der Waals surface area contributed by atoms with Gasteiger partial charge in [0.25, 0.3) is 0 Å². The molecule has 88 valence electrons. The van der Waals surface area contributed by atoms with Crippen LogP contribution >= 0.6 is 15.9 Å². The van der Waals surface area contributed by atoms with Gasteiger partial charge in [-0.05, 0) is 42.2 Å². The third-order valence-electron chi connectivity index (χ3n) is 3.28. The van der Waals surface area contributed by atoms with Gasteiger partial charge >= 0.3 is 0 Å². The van der Waals surface area contributed by atoms with Crippen molar-refractivity contribution in [3.05, 3.63) is 51.8 Å². The lowest BCUT2D eigenvalue weighted by atomic mass is 10.1. The second kappa shape index (κ2) is 4.63. The molecule has 2 aromatic rings. The number of benzene rings is 1. The van der Waals surface area contributed by atoms with Gasteiger partial charge in [-0.3, -0.25) is 5.10 Å². The first kappa shape index (κ1) is 11.0. The maximum Gasteiger partial charge on any atom is 0.0490 e. The van der Waals surface area contributed by atoms with Crippen LogP contribution in [0.2, 0.25) is 0 Å². The Kier molecular flexibility index (Phi) is 2.99. The van der Waals surface area contributed by atoms with Crippen molar-refractivity contribution in [2.75, 3.05) is 0 Å². The van der Waals surface area contributed by atoms with Gasteiger partial charge in [-0.15, -0.1) is 0 Å². The number of halogens is 1. The van der Waals surface area contributed by atoms with Crippen molar-refractivity contribution in [3.63, 3.8) is 0 Å². The Balaban J connectivity index is 1.71. The summed E-state index contributed by atoms with van der Waals surface area (Å²) in [6.07, 6.45) is 4.13. The van der Waals surface area contributed by atoms with Crippen LogP contribution in [-0.4, -0.2) is 10.2 Å². The van der Waals surface area contributed by atoms with Crippen LogP contribution in [0.5, 0.6) is 0 Å². The summed E-state index contributed by atoms with van der Waals surface area (Å²) in [5, 5.41) is 10.5. The van der Waals surface area contributed by atoms with Crippen LogP contribution < -0.4 is 5.32 Å². The first-order valence-electron chi connectivity index (χ1n) is 5.83. The molecule has 0 fully saturated rings. The number of rotatable bonds is 3. The summed E-state index contributed by atoms with van der Waals surface area (Å²) in [6, 6.07) is 9.05. The van der Waals surface area contributed by atoms with E-state index in [0.717, 1.165) is 18.7 Å². The third-order valence-corrected chi connectivity index (χ3v) is 3.77. The molecule has 3 nitrogen and oxygen atoms in total. The number of aryl methyl sites for hydroxylation is 1. The number of aromatic nitrogens is 2. The van der Waals surface area contributed by atoms with Crippen LogP contribution in [0.4, 0.5) is 0 Å². The Morgan fingerprint density at radius 1 is 1.41 bits per heavy atom. The van der Waals surface area contributed by atoms with Crippen LogP contribution in [0.1, 0.15) is 29.3 Å². The molecule has 1 aliphatic carbocycles. The maximum absolute atomic E-state index is 3.95. The molecule has 1 atom stereocenters. The van der Waals surface area contributed by atoms with Crippen LogP contribution in [0.3, 0.4) is 0 Å². The molecular formula is C13H14BrN3. The van der Waals surface area contributed by atoms with E-state index in [2.05, 4.69) is 49.6 Å². The average Bonchev–Trinajstić information content (AvgIpc) is 2.94. The van der Waals surface area contributed by atoms with Crippen LogP contribution in [-0.2, 0) is 13.0 Å². The molecule has 0 saturated heterocycles. The van der Waals surface area contributed by atoms with Crippen molar-refractivity contribution in [1.82, 2.24) is 15.5 Å². The van der Waals surface area contributed by atoms with Crippen LogP contribution in [0.15, 0.2) is 34.9 Å². The molecule has 1 aromatic heterocycles. The summed E-state index contributed by atoms with van der Waals surface area (Å²) < 4.78 is 1.17. The summed E-state index contributed by atoms with van der Waals surface area (Å²) in [6.45, 7) is 0.847. The molecule has 1 heterocycles. The molecule has 0 saturated carbocycles. The molecule has 2 N–H and O–H groups in total. The fourth-order valence-electron chi connectivity index (χ4n) is 2.41. The Morgan fingerprint density at radius 3 is 3.18 bits per heavy atom. The molecule has 1 aromatic carbocycles. The molecule has 3 rings (SSSR count). The largest absolute Gasteiger partial charge is 0.304 e. The molecule has 17 heavy (non-hydrogen) atoms. The fraction of sp³-hybridized carbons (Fsp3) is 0.308. The third kappa shape index (κ3) is 2.28. The van der Waals surface area contributed by atoms with E-state index in [-0.39, 0.29) is 0 Å². The van der Waals surface area contributed by atoms with Gasteiger partial charge in [-0.1, -0.05) is 22.0 Å². The predicted octanol–water partition coefficient (Wildman–Crippen LogP) is 2.95. The van der Waals surface area contributed by atoms with E-state index in [1.54, 1.807) is 6.20 Å². The Hall–Kier alpha value is -1.13. The molecular weight excluding hydrogens is 278 g/mol. The lowest BCUT2D eigenvalue weighted by Gasteiger charge is -2.13. The van der Waals surface area contributed by atoms with Crippen molar-refractivity contribution >= 4 is 15.9 Å². The summed E-state index contributed by atoms with van der Waals surface area (Å²) in [4.78, 5) is 0. The van der Waals surface area contributed by atoms with Gasteiger partial charge in [0.15, 0.2) is 0 Å². The normalized spacial score (nSPS) is 18.3. The number of aromatic amines is 1.